The van der Waals surface area contributed by atoms with Crippen LogP contribution >= 0.6 is 0 Å². The number of benzene rings is 2. The number of para-hydroxylation sites is 1. The first kappa shape index (κ1) is 20.8. The highest BCUT2D eigenvalue weighted by atomic mass is 16.5. The van der Waals surface area contributed by atoms with E-state index < -0.39 is 6.10 Å². The largest absolute Gasteiger partial charge is 0.491 e. The van der Waals surface area contributed by atoms with Gasteiger partial charge in [-0.3, -0.25) is 4.79 Å². The monoisotopic (exact) mass is 369 g/mol. The number of hydrogen-bond donors (Lipinski definition) is 1. The minimum absolute atomic E-state index is 0.00781. The number of aryl methyl sites for hydroxylation is 1. The van der Waals surface area contributed by atoms with Gasteiger partial charge >= 0.3 is 0 Å². The Kier molecular flexibility index (Phi) is 6.89. The first-order valence-corrected chi connectivity index (χ1v) is 9.43. The molecule has 27 heavy (non-hydrogen) atoms. The summed E-state index contributed by atoms with van der Waals surface area (Å²) in [6.45, 7) is 13.1. The molecule has 0 aliphatic heterocycles. The predicted octanol–water partition coefficient (Wildman–Crippen LogP) is 4.56. The van der Waals surface area contributed by atoms with E-state index in [-0.39, 0.29) is 11.3 Å². The maximum atomic E-state index is 12.3. The summed E-state index contributed by atoms with van der Waals surface area (Å²) in [5.41, 5.74) is 3.36. The quantitative estimate of drug-likeness (QED) is 0.728. The van der Waals surface area contributed by atoms with Crippen LogP contribution in [-0.2, 0) is 10.2 Å². The van der Waals surface area contributed by atoms with Crippen LogP contribution in [0, 0.1) is 13.8 Å². The van der Waals surface area contributed by atoms with Gasteiger partial charge in [0.05, 0.1) is 6.54 Å². The molecule has 2 aromatic carbocycles. The zero-order chi connectivity index (χ0) is 20.0. The summed E-state index contributed by atoms with van der Waals surface area (Å²) in [6, 6.07) is 13.9. The molecule has 0 heterocycles. The molecule has 4 nitrogen and oxygen atoms in total. The van der Waals surface area contributed by atoms with Crippen molar-refractivity contribution in [1.82, 2.24) is 5.32 Å². The first-order chi connectivity index (χ1) is 12.7. The fraction of sp³-hybridized carbons (Fsp3) is 0.435. The summed E-state index contributed by atoms with van der Waals surface area (Å²) in [6.07, 6.45) is -0.563. The van der Waals surface area contributed by atoms with Gasteiger partial charge in [0.1, 0.15) is 18.1 Å². The average Bonchev–Trinajstić information content (AvgIpc) is 2.62. The van der Waals surface area contributed by atoms with Gasteiger partial charge < -0.3 is 14.8 Å². The second-order valence-corrected chi connectivity index (χ2v) is 7.84. The lowest BCUT2D eigenvalue weighted by atomic mass is 9.86. The van der Waals surface area contributed by atoms with Gasteiger partial charge in [0.25, 0.3) is 5.91 Å². The van der Waals surface area contributed by atoms with E-state index in [9.17, 15) is 4.79 Å². The number of nitrogens with one attached hydrogen (secondary N) is 1. The SMILES string of the molecule is Cc1cccc(O[C@@H](C)C(=O)NCCOc2ccccc2C(C)(C)C)c1C. The molecule has 146 valence electrons. The van der Waals surface area contributed by atoms with Crippen molar-refractivity contribution in [3.63, 3.8) is 0 Å². The van der Waals surface area contributed by atoms with E-state index in [1.54, 1.807) is 6.92 Å². The maximum Gasteiger partial charge on any atom is 0.260 e. The zero-order valence-corrected chi connectivity index (χ0v) is 17.3. The van der Waals surface area contributed by atoms with Crippen LogP contribution < -0.4 is 14.8 Å². The van der Waals surface area contributed by atoms with E-state index in [2.05, 4.69) is 32.2 Å². The molecular weight excluding hydrogens is 338 g/mol. The van der Waals surface area contributed by atoms with Crippen LogP contribution in [0.1, 0.15) is 44.4 Å². The maximum absolute atomic E-state index is 12.3. The van der Waals surface area contributed by atoms with Crippen molar-refractivity contribution < 1.29 is 14.3 Å². The van der Waals surface area contributed by atoms with Crippen LogP contribution in [-0.4, -0.2) is 25.2 Å². The smallest absolute Gasteiger partial charge is 0.260 e. The number of carbonyl (C=O) groups is 1. The Morgan fingerprint density at radius 1 is 1.04 bits per heavy atom. The van der Waals surface area contributed by atoms with E-state index in [4.69, 9.17) is 9.47 Å². The van der Waals surface area contributed by atoms with E-state index in [1.807, 2.05) is 50.2 Å². The summed E-state index contributed by atoms with van der Waals surface area (Å²) in [4.78, 5) is 12.3. The van der Waals surface area contributed by atoms with Crippen molar-refractivity contribution in [2.75, 3.05) is 13.2 Å². The predicted molar refractivity (Wildman–Crippen MR) is 110 cm³/mol. The summed E-state index contributed by atoms with van der Waals surface area (Å²) >= 11 is 0. The Morgan fingerprint density at radius 3 is 2.41 bits per heavy atom. The van der Waals surface area contributed by atoms with Gasteiger partial charge in [0.2, 0.25) is 0 Å². The van der Waals surface area contributed by atoms with Crippen LogP contribution in [0.3, 0.4) is 0 Å². The molecule has 0 radical (unpaired) electrons. The third-order valence-corrected chi connectivity index (χ3v) is 4.58. The molecule has 0 saturated carbocycles. The minimum atomic E-state index is -0.563. The molecule has 0 bridgehead atoms. The molecule has 2 aromatic rings. The number of carbonyl (C=O) groups excluding carboxylic acids is 1. The van der Waals surface area contributed by atoms with Crippen molar-refractivity contribution in [2.45, 2.75) is 53.1 Å². The molecule has 0 fully saturated rings. The number of ether oxygens (including phenoxy) is 2. The van der Waals surface area contributed by atoms with Gasteiger partial charge in [-0.05, 0) is 55.0 Å². The Labute approximate surface area is 162 Å². The average molecular weight is 370 g/mol. The van der Waals surface area contributed by atoms with Gasteiger partial charge in [0.15, 0.2) is 6.10 Å². The summed E-state index contributed by atoms with van der Waals surface area (Å²) < 4.78 is 11.7. The molecule has 1 N–H and O–H groups in total. The topological polar surface area (TPSA) is 47.6 Å². The molecule has 0 unspecified atom stereocenters. The molecule has 0 aromatic heterocycles. The van der Waals surface area contributed by atoms with Crippen molar-refractivity contribution in [2.24, 2.45) is 0 Å². The standard InChI is InChI=1S/C23H31NO3/c1-16-10-9-13-20(17(16)2)27-18(3)22(25)24-14-15-26-21-12-8-7-11-19(21)23(4,5)6/h7-13,18H,14-15H2,1-6H3,(H,24,25)/t18-/m0/s1. The fourth-order valence-corrected chi connectivity index (χ4v) is 2.79. The van der Waals surface area contributed by atoms with E-state index in [0.717, 1.165) is 28.2 Å². The number of rotatable bonds is 7. The highest BCUT2D eigenvalue weighted by Crippen LogP contribution is 2.30. The van der Waals surface area contributed by atoms with Gasteiger partial charge in [-0.2, -0.15) is 0 Å². The second-order valence-electron chi connectivity index (χ2n) is 7.84. The van der Waals surface area contributed by atoms with Crippen LogP contribution in [0.2, 0.25) is 0 Å². The summed E-state index contributed by atoms with van der Waals surface area (Å²) in [7, 11) is 0. The normalized spacial score (nSPS) is 12.4. The lowest BCUT2D eigenvalue weighted by Gasteiger charge is -2.23. The van der Waals surface area contributed by atoms with Gasteiger partial charge in [-0.15, -0.1) is 0 Å². The lowest BCUT2D eigenvalue weighted by Crippen LogP contribution is -2.38. The van der Waals surface area contributed by atoms with Crippen LogP contribution in [0.15, 0.2) is 42.5 Å². The molecule has 0 aliphatic carbocycles. The molecule has 4 heteroatoms. The van der Waals surface area contributed by atoms with E-state index >= 15 is 0 Å². The highest BCUT2D eigenvalue weighted by molar-refractivity contribution is 5.80. The van der Waals surface area contributed by atoms with Crippen LogP contribution in [0.4, 0.5) is 0 Å². The van der Waals surface area contributed by atoms with Crippen molar-refractivity contribution >= 4 is 5.91 Å². The van der Waals surface area contributed by atoms with Crippen LogP contribution in [0.5, 0.6) is 11.5 Å². The molecule has 0 saturated heterocycles. The van der Waals surface area contributed by atoms with Crippen molar-refractivity contribution in [3.05, 3.63) is 59.2 Å². The number of amides is 1. The Hall–Kier alpha value is -2.49. The molecule has 0 spiro atoms. The lowest BCUT2D eigenvalue weighted by molar-refractivity contribution is -0.127. The third-order valence-electron chi connectivity index (χ3n) is 4.58. The molecule has 1 atom stereocenters. The second kappa shape index (κ2) is 8.94. The molecule has 2 rings (SSSR count). The Bertz CT molecular complexity index is 777. The van der Waals surface area contributed by atoms with Crippen molar-refractivity contribution in [1.29, 1.82) is 0 Å². The molecule has 1 amide bonds. The third kappa shape index (κ3) is 5.75. The molecule has 0 aliphatic rings. The Balaban J connectivity index is 1.84. The Morgan fingerprint density at radius 2 is 1.70 bits per heavy atom. The van der Waals surface area contributed by atoms with E-state index in [0.29, 0.717) is 13.2 Å². The van der Waals surface area contributed by atoms with E-state index in [1.165, 1.54) is 0 Å². The fourth-order valence-electron chi connectivity index (χ4n) is 2.79. The van der Waals surface area contributed by atoms with Gasteiger partial charge in [0, 0.05) is 0 Å². The summed E-state index contributed by atoms with van der Waals surface area (Å²) in [5.74, 6) is 1.45. The molecular formula is C23H31NO3. The first-order valence-electron chi connectivity index (χ1n) is 9.43. The van der Waals surface area contributed by atoms with Crippen LogP contribution in [0.25, 0.3) is 0 Å². The minimum Gasteiger partial charge on any atom is -0.491 e. The zero-order valence-electron chi connectivity index (χ0n) is 17.3. The summed E-state index contributed by atoms with van der Waals surface area (Å²) in [5, 5.41) is 2.88. The van der Waals surface area contributed by atoms with Gasteiger partial charge in [-0.25, -0.2) is 0 Å². The highest BCUT2D eigenvalue weighted by Gasteiger charge is 2.19. The van der Waals surface area contributed by atoms with Gasteiger partial charge in [-0.1, -0.05) is 51.1 Å². The van der Waals surface area contributed by atoms with Crippen molar-refractivity contribution in [3.8, 4) is 11.5 Å². The number of hydrogen-bond acceptors (Lipinski definition) is 3.